The first-order valence-electron chi connectivity index (χ1n) is 8.19. The van der Waals surface area contributed by atoms with Gasteiger partial charge >= 0.3 is 0 Å². The van der Waals surface area contributed by atoms with Gasteiger partial charge in [0.1, 0.15) is 5.76 Å². The highest BCUT2D eigenvalue weighted by molar-refractivity contribution is 5.06. The van der Waals surface area contributed by atoms with Crippen molar-refractivity contribution in [2.24, 2.45) is 0 Å². The van der Waals surface area contributed by atoms with Crippen LogP contribution in [-0.4, -0.2) is 32.3 Å². The van der Waals surface area contributed by atoms with Crippen LogP contribution in [0.15, 0.2) is 29.1 Å². The molecule has 3 rings (SSSR count). The Morgan fingerprint density at radius 3 is 2.86 bits per heavy atom. The van der Waals surface area contributed by atoms with Gasteiger partial charge in [0.25, 0.3) is 0 Å². The van der Waals surface area contributed by atoms with Gasteiger partial charge in [-0.1, -0.05) is 27.2 Å². The fourth-order valence-corrected chi connectivity index (χ4v) is 3.00. The van der Waals surface area contributed by atoms with E-state index in [9.17, 15) is 0 Å². The second kappa shape index (κ2) is 6.24. The molecule has 0 saturated carbocycles. The molecule has 5 heteroatoms. The molecule has 0 unspecified atom stereocenters. The van der Waals surface area contributed by atoms with Crippen LogP contribution in [0.5, 0.6) is 0 Å². The molecule has 2 aromatic rings. The van der Waals surface area contributed by atoms with E-state index in [0.29, 0.717) is 6.04 Å². The molecular weight excluding hydrogens is 276 g/mol. The maximum absolute atomic E-state index is 5.96. The fourth-order valence-electron chi connectivity index (χ4n) is 3.00. The summed E-state index contributed by atoms with van der Waals surface area (Å²) in [4.78, 5) is 6.97. The Kier molecular flexibility index (Phi) is 4.34. The van der Waals surface area contributed by atoms with E-state index in [4.69, 9.17) is 4.42 Å². The summed E-state index contributed by atoms with van der Waals surface area (Å²) in [6.07, 6.45) is 9.52. The lowest BCUT2D eigenvalue weighted by Gasteiger charge is -2.34. The Morgan fingerprint density at radius 1 is 1.32 bits per heavy atom. The van der Waals surface area contributed by atoms with Crippen molar-refractivity contribution in [1.82, 2.24) is 19.7 Å². The van der Waals surface area contributed by atoms with Crippen molar-refractivity contribution in [3.05, 3.63) is 36.3 Å². The zero-order valence-corrected chi connectivity index (χ0v) is 13.8. The summed E-state index contributed by atoms with van der Waals surface area (Å²) in [6.45, 7) is 9.30. The van der Waals surface area contributed by atoms with Crippen LogP contribution < -0.4 is 0 Å². The zero-order valence-electron chi connectivity index (χ0n) is 13.8. The van der Waals surface area contributed by atoms with Gasteiger partial charge in [-0.3, -0.25) is 9.58 Å². The van der Waals surface area contributed by atoms with Gasteiger partial charge in [0.15, 0.2) is 0 Å². The lowest BCUT2D eigenvalue weighted by atomic mass is 9.94. The van der Waals surface area contributed by atoms with Crippen LogP contribution in [0, 0.1) is 0 Å². The molecule has 1 aliphatic heterocycles. The number of hydrogen-bond acceptors (Lipinski definition) is 4. The number of rotatable bonds is 4. The number of likely N-dealkylation sites (tertiary alicyclic amines) is 1. The van der Waals surface area contributed by atoms with Crippen LogP contribution in [0.3, 0.4) is 0 Å². The average molecular weight is 302 g/mol. The third kappa shape index (κ3) is 3.58. The molecule has 5 nitrogen and oxygen atoms in total. The first kappa shape index (κ1) is 15.3. The predicted octanol–water partition coefficient (Wildman–Crippen LogP) is 3.22. The highest BCUT2D eigenvalue weighted by Gasteiger charge is 2.25. The van der Waals surface area contributed by atoms with Crippen molar-refractivity contribution in [2.75, 3.05) is 6.54 Å². The van der Waals surface area contributed by atoms with Gasteiger partial charge in [0, 0.05) is 23.9 Å². The topological polar surface area (TPSA) is 47.1 Å². The van der Waals surface area contributed by atoms with Crippen LogP contribution in [0.2, 0.25) is 0 Å². The molecule has 0 spiro atoms. The van der Waals surface area contributed by atoms with Crippen LogP contribution in [0.25, 0.3) is 0 Å². The first-order chi connectivity index (χ1) is 10.5. The average Bonchev–Trinajstić information content (AvgIpc) is 3.11. The van der Waals surface area contributed by atoms with E-state index < -0.39 is 0 Å². The molecule has 0 amide bonds. The standard InChI is InChI=1S/C17H26N4O/c1-17(2,3)15-11-18-16(22-15)13-20-9-5-4-7-14(20)12-21-10-6-8-19-21/h6,8,10-11,14H,4-5,7,9,12-13H2,1-3H3/t14-/m1/s1. The van der Waals surface area contributed by atoms with Crippen LogP contribution in [0.1, 0.15) is 51.7 Å². The molecule has 120 valence electrons. The highest BCUT2D eigenvalue weighted by Crippen LogP contribution is 2.25. The molecule has 0 aliphatic carbocycles. The molecule has 1 fully saturated rings. The lowest BCUT2D eigenvalue weighted by molar-refractivity contribution is 0.110. The summed E-state index contributed by atoms with van der Waals surface area (Å²) in [6, 6.07) is 2.50. The van der Waals surface area contributed by atoms with E-state index in [2.05, 4.69) is 35.8 Å². The molecule has 0 radical (unpaired) electrons. The van der Waals surface area contributed by atoms with Gasteiger partial charge in [-0.2, -0.15) is 5.10 Å². The molecule has 3 heterocycles. The van der Waals surface area contributed by atoms with E-state index in [1.54, 1.807) is 0 Å². The second-order valence-electron chi connectivity index (χ2n) is 7.22. The molecular formula is C17H26N4O. The van der Waals surface area contributed by atoms with E-state index >= 15 is 0 Å². The van der Waals surface area contributed by atoms with E-state index in [1.807, 2.05) is 29.3 Å². The summed E-state index contributed by atoms with van der Waals surface area (Å²) in [5, 5.41) is 4.34. The van der Waals surface area contributed by atoms with Gasteiger partial charge in [0.05, 0.1) is 19.3 Å². The Bertz CT molecular complexity index is 582. The molecule has 0 N–H and O–H groups in total. The van der Waals surface area contributed by atoms with Crippen molar-refractivity contribution in [2.45, 2.75) is 64.6 Å². The van der Waals surface area contributed by atoms with Crippen LogP contribution >= 0.6 is 0 Å². The normalized spacial score (nSPS) is 20.4. The molecule has 1 atom stereocenters. The minimum absolute atomic E-state index is 0.0155. The number of aromatic nitrogens is 3. The first-order valence-corrected chi connectivity index (χ1v) is 8.19. The van der Waals surface area contributed by atoms with Gasteiger partial charge < -0.3 is 4.42 Å². The van der Waals surface area contributed by atoms with Gasteiger partial charge in [-0.05, 0) is 25.5 Å². The third-order valence-corrected chi connectivity index (χ3v) is 4.34. The van der Waals surface area contributed by atoms with Crippen molar-refractivity contribution >= 4 is 0 Å². The smallest absolute Gasteiger partial charge is 0.208 e. The predicted molar refractivity (Wildman–Crippen MR) is 85.5 cm³/mol. The van der Waals surface area contributed by atoms with Crippen LogP contribution in [0.4, 0.5) is 0 Å². The highest BCUT2D eigenvalue weighted by atomic mass is 16.4. The summed E-state index contributed by atoms with van der Waals surface area (Å²) in [7, 11) is 0. The van der Waals surface area contributed by atoms with E-state index in [0.717, 1.165) is 31.3 Å². The van der Waals surface area contributed by atoms with Crippen molar-refractivity contribution in [1.29, 1.82) is 0 Å². The second-order valence-corrected chi connectivity index (χ2v) is 7.22. The van der Waals surface area contributed by atoms with E-state index in [-0.39, 0.29) is 5.41 Å². The van der Waals surface area contributed by atoms with Gasteiger partial charge in [0.2, 0.25) is 5.89 Å². The Hall–Kier alpha value is -1.62. The summed E-state index contributed by atoms with van der Waals surface area (Å²) >= 11 is 0. The maximum atomic E-state index is 5.96. The molecule has 22 heavy (non-hydrogen) atoms. The number of hydrogen-bond donors (Lipinski definition) is 0. The Morgan fingerprint density at radius 2 is 2.18 bits per heavy atom. The minimum Gasteiger partial charge on any atom is -0.444 e. The summed E-state index contributed by atoms with van der Waals surface area (Å²) in [5.74, 6) is 1.79. The van der Waals surface area contributed by atoms with Crippen molar-refractivity contribution < 1.29 is 4.42 Å². The summed E-state index contributed by atoms with van der Waals surface area (Å²) < 4.78 is 7.99. The Balaban J connectivity index is 1.67. The van der Waals surface area contributed by atoms with Crippen molar-refractivity contribution in [3.63, 3.8) is 0 Å². The van der Waals surface area contributed by atoms with Crippen LogP contribution in [-0.2, 0) is 18.5 Å². The van der Waals surface area contributed by atoms with Gasteiger partial charge in [-0.25, -0.2) is 4.98 Å². The largest absolute Gasteiger partial charge is 0.444 e. The molecule has 0 bridgehead atoms. The quantitative estimate of drug-likeness (QED) is 0.870. The minimum atomic E-state index is 0.0155. The maximum Gasteiger partial charge on any atom is 0.208 e. The summed E-state index contributed by atoms with van der Waals surface area (Å²) in [5.41, 5.74) is 0.0155. The molecule has 2 aromatic heterocycles. The zero-order chi connectivity index (χ0) is 15.6. The van der Waals surface area contributed by atoms with Gasteiger partial charge in [-0.15, -0.1) is 0 Å². The number of oxazole rings is 1. The SMILES string of the molecule is CC(C)(C)c1cnc(CN2CCCC[C@@H]2Cn2cccn2)o1. The molecule has 1 aliphatic rings. The Labute approximate surface area is 132 Å². The molecule has 0 aromatic carbocycles. The fraction of sp³-hybridized carbons (Fsp3) is 0.647. The van der Waals surface area contributed by atoms with Crippen molar-refractivity contribution in [3.8, 4) is 0 Å². The number of nitrogens with zero attached hydrogens (tertiary/aromatic N) is 4. The third-order valence-electron chi connectivity index (χ3n) is 4.34. The monoisotopic (exact) mass is 302 g/mol. The van der Waals surface area contributed by atoms with E-state index in [1.165, 1.54) is 19.3 Å². The molecule has 1 saturated heterocycles. The number of piperidine rings is 1. The lowest BCUT2D eigenvalue weighted by Crippen LogP contribution is -2.41.